The third-order valence-electron chi connectivity index (χ3n) is 10.0. The van der Waals surface area contributed by atoms with Crippen molar-refractivity contribution in [2.75, 3.05) is 41.0 Å². The van der Waals surface area contributed by atoms with Crippen LogP contribution in [-0.4, -0.2) is 75.1 Å². The number of carbonyl (C=O) groups is 2. The first kappa shape index (κ1) is 30.5. The molecule has 1 saturated carbocycles. The molecule has 6 atom stereocenters. The first-order chi connectivity index (χ1) is 21.3. The predicted molar refractivity (Wildman–Crippen MR) is 166 cm³/mol. The largest absolute Gasteiger partial charge is 0.497 e. The van der Waals surface area contributed by atoms with Gasteiger partial charge in [0, 0.05) is 42.9 Å². The molecular formula is C35H44N2O7. The summed E-state index contributed by atoms with van der Waals surface area (Å²) in [7, 11) is 4.70. The Balaban J connectivity index is 1.28. The van der Waals surface area contributed by atoms with E-state index in [0.29, 0.717) is 18.6 Å². The first-order valence-electron chi connectivity index (χ1n) is 15.8. The molecule has 236 valence electrons. The van der Waals surface area contributed by atoms with Gasteiger partial charge in [0.2, 0.25) is 0 Å². The summed E-state index contributed by atoms with van der Waals surface area (Å²) in [4.78, 5) is 33.4. The number of carbonyl (C=O) groups excluding carboxylic acids is 2. The normalized spacial score (nSPS) is 26.3. The number of piperidine rings is 1. The fraction of sp³-hybridized carbons (Fsp3) is 0.543. The van der Waals surface area contributed by atoms with Gasteiger partial charge in [-0.1, -0.05) is 6.92 Å². The summed E-state index contributed by atoms with van der Waals surface area (Å²) in [6.07, 6.45) is 2.08. The van der Waals surface area contributed by atoms with Crippen molar-refractivity contribution in [3.63, 3.8) is 0 Å². The molecule has 1 aromatic heterocycles. The molecule has 3 aromatic rings. The molecule has 9 nitrogen and oxygen atoms in total. The fourth-order valence-corrected chi connectivity index (χ4v) is 8.10. The van der Waals surface area contributed by atoms with Gasteiger partial charge in [-0.05, 0) is 92.3 Å². The van der Waals surface area contributed by atoms with Gasteiger partial charge in [-0.3, -0.25) is 9.69 Å². The number of nitrogens with one attached hydrogen (secondary N) is 1. The standard InChI is InChI=1S/C35H44N2O7/c1-7-12-43-23-13-19(2)30(20(3)14-23)35(39)44-29-15-21-18-37-11-10-25-24-9-8-22(40-4)16-27(24)36-32(25)28(37)17-26(21)31(33(29)41-5)34(38)42-6/h8-9,13-14,16,21,26,28-29,31,33,36H,7,10-12,15,17-18H2,1-6H3/t21-,26-,28-,29-,31-,33+/m0/s1. The van der Waals surface area contributed by atoms with Crippen LogP contribution >= 0.6 is 0 Å². The molecule has 0 radical (unpaired) electrons. The molecule has 1 aliphatic carbocycles. The fourth-order valence-electron chi connectivity index (χ4n) is 8.10. The van der Waals surface area contributed by atoms with E-state index in [0.717, 1.165) is 60.5 Å². The number of nitrogens with zero attached hydrogens (tertiary/aromatic N) is 1. The number of esters is 2. The topological polar surface area (TPSA) is 99.3 Å². The maximum Gasteiger partial charge on any atom is 0.339 e. The number of hydrogen-bond acceptors (Lipinski definition) is 8. The zero-order chi connectivity index (χ0) is 31.1. The Morgan fingerprint density at radius 2 is 1.80 bits per heavy atom. The van der Waals surface area contributed by atoms with Crippen LogP contribution in [0.25, 0.3) is 10.9 Å². The Hall–Kier alpha value is -3.56. The Bertz CT molecular complexity index is 1520. The molecule has 0 unspecified atom stereocenters. The van der Waals surface area contributed by atoms with Gasteiger partial charge in [0.15, 0.2) is 0 Å². The maximum atomic E-state index is 13.7. The van der Waals surface area contributed by atoms with Gasteiger partial charge in [0.05, 0.1) is 38.3 Å². The van der Waals surface area contributed by atoms with E-state index in [1.165, 1.54) is 23.8 Å². The van der Waals surface area contributed by atoms with Crippen molar-refractivity contribution in [3.05, 3.63) is 58.3 Å². The van der Waals surface area contributed by atoms with Crippen LogP contribution in [0.5, 0.6) is 11.5 Å². The smallest absolute Gasteiger partial charge is 0.339 e. The minimum atomic E-state index is -0.609. The summed E-state index contributed by atoms with van der Waals surface area (Å²) >= 11 is 0. The lowest BCUT2D eigenvalue weighted by Gasteiger charge is -2.52. The first-order valence-corrected chi connectivity index (χ1v) is 15.8. The van der Waals surface area contributed by atoms with Crippen molar-refractivity contribution in [1.82, 2.24) is 9.88 Å². The second-order valence-electron chi connectivity index (χ2n) is 12.6. The molecule has 0 amide bonds. The van der Waals surface area contributed by atoms with Crippen molar-refractivity contribution in [2.24, 2.45) is 17.8 Å². The SMILES string of the molecule is CCCOc1cc(C)c(C(=O)O[C@H]2C[C@H]3CN4CCc5c([nH]c6cc(OC)ccc56)[C@@H]4C[C@@H]3[C@H](C(=O)OC)[C@@H]2OC)c(C)c1. The van der Waals surface area contributed by atoms with Gasteiger partial charge in [-0.2, -0.15) is 0 Å². The number of hydrogen-bond donors (Lipinski definition) is 1. The lowest BCUT2D eigenvalue weighted by molar-refractivity contribution is -0.176. The summed E-state index contributed by atoms with van der Waals surface area (Å²) < 4.78 is 28.9. The average molecular weight is 605 g/mol. The highest BCUT2D eigenvalue weighted by Crippen LogP contribution is 2.50. The second kappa shape index (κ2) is 12.4. The number of rotatable bonds is 8. The van der Waals surface area contributed by atoms with Crippen molar-refractivity contribution < 1.29 is 33.3 Å². The van der Waals surface area contributed by atoms with E-state index in [2.05, 4.69) is 28.9 Å². The van der Waals surface area contributed by atoms with Gasteiger partial charge in [-0.15, -0.1) is 0 Å². The molecule has 3 heterocycles. The predicted octanol–water partition coefficient (Wildman–Crippen LogP) is 5.55. The van der Waals surface area contributed by atoms with E-state index < -0.39 is 24.1 Å². The quantitative estimate of drug-likeness (QED) is 0.334. The summed E-state index contributed by atoms with van der Waals surface area (Å²) in [5, 5.41) is 1.23. The van der Waals surface area contributed by atoms with E-state index in [1.54, 1.807) is 14.2 Å². The van der Waals surface area contributed by atoms with Crippen molar-refractivity contribution in [1.29, 1.82) is 0 Å². The van der Waals surface area contributed by atoms with Crippen LogP contribution in [0.3, 0.4) is 0 Å². The number of ether oxygens (including phenoxy) is 5. The third-order valence-corrected chi connectivity index (χ3v) is 10.0. The number of aromatic nitrogens is 1. The third kappa shape index (κ3) is 5.34. The van der Waals surface area contributed by atoms with E-state index in [1.807, 2.05) is 32.0 Å². The highest BCUT2D eigenvalue weighted by Gasteiger charge is 2.54. The van der Waals surface area contributed by atoms with Crippen LogP contribution in [0.1, 0.15) is 65.0 Å². The molecule has 1 saturated heterocycles. The highest BCUT2D eigenvalue weighted by atomic mass is 16.6. The highest BCUT2D eigenvalue weighted by molar-refractivity contribution is 5.93. The van der Waals surface area contributed by atoms with Crippen LogP contribution in [0.15, 0.2) is 30.3 Å². The molecule has 44 heavy (non-hydrogen) atoms. The summed E-state index contributed by atoms with van der Waals surface area (Å²) in [6.45, 7) is 8.22. The zero-order valence-corrected chi connectivity index (χ0v) is 26.6. The Morgan fingerprint density at radius 3 is 2.48 bits per heavy atom. The monoisotopic (exact) mass is 604 g/mol. The average Bonchev–Trinajstić information content (AvgIpc) is 3.39. The molecule has 1 N–H and O–H groups in total. The van der Waals surface area contributed by atoms with Gasteiger partial charge < -0.3 is 28.7 Å². The minimum Gasteiger partial charge on any atom is -0.497 e. The second-order valence-corrected chi connectivity index (χ2v) is 12.6. The van der Waals surface area contributed by atoms with Crippen LogP contribution in [0.4, 0.5) is 0 Å². The summed E-state index contributed by atoms with van der Waals surface area (Å²) in [6, 6.07) is 10.1. The van der Waals surface area contributed by atoms with Crippen molar-refractivity contribution in [3.8, 4) is 11.5 Å². The number of methoxy groups -OCH3 is 3. The van der Waals surface area contributed by atoms with Crippen LogP contribution in [0.2, 0.25) is 0 Å². The van der Waals surface area contributed by atoms with Crippen molar-refractivity contribution in [2.45, 2.75) is 64.7 Å². The minimum absolute atomic E-state index is 0.0222. The lowest BCUT2D eigenvalue weighted by Crippen LogP contribution is -2.58. The zero-order valence-electron chi connectivity index (χ0n) is 26.6. The molecule has 2 aliphatic heterocycles. The molecule has 3 aliphatic rings. The molecular weight excluding hydrogens is 560 g/mol. The van der Waals surface area contributed by atoms with Crippen LogP contribution < -0.4 is 9.47 Å². The summed E-state index contributed by atoms with van der Waals surface area (Å²) in [5.41, 5.74) is 5.77. The molecule has 2 aromatic carbocycles. The van der Waals surface area contributed by atoms with E-state index in [9.17, 15) is 9.59 Å². The molecule has 6 rings (SSSR count). The number of fused-ring (bicyclic) bond motifs is 6. The number of aromatic amines is 1. The number of aryl methyl sites for hydroxylation is 2. The van der Waals surface area contributed by atoms with Crippen LogP contribution in [0, 0.1) is 31.6 Å². The Kier molecular flexibility index (Phi) is 8.61. The summed E-state index contributed by atoms with van der Waals surface area (Å²) in [5.74, 6) is 0.473. The molecule has 0 bridgehead atoms. The van der Waals surface area contributed by atoms with Gasteiger partial charge in [0.25, 0.3) is 0 Å². The van der Waals surface area contributed by atoms with E-state index >= 15 is 0 Å². The van der Waals surface area contributed by atoms with E-state index in [-0.39, 0.29) is 23.8 Å². The van der Waals surface area contributed by atoms with Gasteiger partial charge >= 0.3 is 11.9 Å². The van der Waals surface area contributed by atoms with Crippen molar-refractivity contribution >= 4 is 22.8 Å². The molecule has 2 fully saturated rings. The number of benzene rings is 2. The lowest BCUT2D eigenvalue weighted by atomic mass is 9.63. The Labute approximate surface area is 259 Å². The van der Waals surface area contributed by atoms with Gasteiger partial charge in [0.1, 0.15) is 23.7 Å². The molecule has 9 heteroatoms. The number of H-pyrrole nitrogens is 1. The molecule has 0 spiro atoms. The Morgan fingerprint density at radius 1 is 1.02 bits per heavy atom. The van der Waals surface area contributed by atoms with E-state index in [4.69, 9.17) is 23.7 Å². The van der Waals surface area contributed by atoms with Gasteiger partial charge in [-0.25, -0.2) is 4.79 Å². The maximum absolute atomic E-state index is 13.7. The van der Waals surface area contributed by atoms with Crippen LogP contribution in [-0.2, 0) is 25.4 Å².